The van der Waals surface area contributed by atoms with Gasteiger partial charge in [-0.05, 0) is 55.3 Å². The van der Waals surface area contributed by atoms with E-state index in [-0.39, 0.29) is 24.6 Å². The third-order valence-electron chi connectivity index (χ3n) is 5.02. The van der Waals surface area contributed by atoms with Crippen molar-refractivity contribution in [3.05, 3.63) is 80.2 Å². The molecule has 9 heteroatoms. The number of aryl methyl sites for hydroxylation is 1. The van der Waals surface area contributed by atoms with Crippen LogP contribution in [-0.2, 0) is 11.2 Å². The van der Waals surface area contributed by atoms with Gasteiger partial charge in [-0.2, -0.15) is 0 Å². The second-order valence-corrected chi connectivity index (χ2v) is 8.29. The highest BCUT2D eigenvalue weighted by atomic mass is 35.5. The van der Waals surface area contributed by atoms with Gasteiger partial charge in [-0.25, -0.2) is 4.68 Å². The predicted octanol–water partition coefficient (Wildman–Crippen LogP) is 4.54. The maximum atomic E-state index is 13.1. The van der Waals surface area contributed by atoms with E-state index < -0.39 is 11.3 Å². The molecule has 0 saturated heterocycles. The second kappa shape index (κ2) is 11.2. The number of carbonyl (C=O) groups excluding carboxylic acids is 2. The van der Waals surface area contributed by atoms with Gasteiger partial charge in [0.15, 0.2) is 12.4 Å². The first kappa shape index (κ1) is 24.6. The number of rotatable bonds is 10. The summed E-state index contributed by atoms with van der Waals surface area (Å²) in [5.74, 6) is -0.273. The number of nitrogens with one attached hydrogen (secondary N) is 1. The number of ketones is 1. The Kier molecular flexibility index (Phi) is 8.36. The summed E-state index contributed by atoms with van der Waals surface area (Å²) in [6.45, 7) is 3.68. The largest absolute Gasteiger partial charge is 0.484 e. The number of halogens is 2. The van der Waals surface area contributed by atoms with Crippen LogP contribution in [0.25, 0.3) is 5.69 Å². The molecule has 0 aliphatic carbocycles. The monoisotopic (exact) mass is 489 g/mol. The van der Waals surface area contributed by atoms with Crippen LogP contribution in [0.4, 0.5) is 0 Å². The fourth-order valence-electron chi connectivity index (χ4n) is 3.40. The Morgan fingerprint density at radius 2 is 1.79 bits per heavy atom. The molecule has 0 fully saturated rings. The first-order valence-corrected chi connectivity index (χ1v) is 11.4. The van der Waals surface area contributed by atoms with Gasteiger partial charge >= 0.3 is 0 Å². The Hall–Kier alpha value is -3.03. The molecule has 0 aliphatic heterocycles. The standard InChI is InChI=1S/C24H25Cl2N3O4/c1-3-12-28(22(31)15-33-19-10-8-16(25)9-11-19)14-21(30)23-20(4-2)27-29(24(23)32)18-7-5-6-17(26)13-18/h5-11,13,27H,3-4,12,14-15H2,1-2H3. The van der Waals surface area contributed by atoms with Crippen molar-refractivity contribution in [2.24, 2.45) is 0 Å². The summed E-state index contributed by atoms with van der Waals surface area (Å²) >= 11 is 11.9. The Labute approximate surface area is 201 Å². The average Bonchev–Trinajstić information content (AvgIpc) is 3.14. The molecule has 7 nitrogen and oxygen atoms in total. The van der Waals surface area contributed by atoms with Crippen molar-refractivity contribution in [2.75, 3.05) is 19.7 Å². The van der Waals surface area contributed by atoms with Gasteiger partial charge in [0.2, 0.25) is 0 Å². The number of H-pyrrole nitrogens is 1. The highest BCUT2D eigenvalue weighted by molar-refractivity contribution is 6.31. The second-order valence-electron chi connectivity index (χ2n) is 7.42. The van der Waals surface area contributed by atoms with Crippen LogP contribution in [-0.4, -0.2) is 46.1 Å². The van der Waals surface area contributed by atoms with E-state index in [2.05, 4.69) is 5.10 Å². The number of Topliss-reactive ketones (excluding diaryl/α,β-unsaturated/α-hetero) is 1. The number of carbonyl (C=O) groups is 2. The van der Waals surface area contributed by atoms with Crippen molar-refractivity contribution >= 4 is 34.9 Å². The molecule has 0 radical (unpaired) electrons. The van der Waals surface area contributed by atoms with Gasteiger partial charge in [0.25, 0.3) is 11.5 Å². The van der Waals surface area contributed by atoms with Gasteiger partial charge in [-0.1, -0.05) is 43.1 Å². The van der Waals surface area contributed by atoms with E-state index in [4.69, 9.17) is 27.9 Å². The van der Waals surface area contributed by atoms with E-state index >= 15 is 0 Å². The number of nitrogens with zero attached hydrogens (tertiary/aromatic N) is 2. The van der Waals surface area contributed by atoms with Gasteiger partial charge in [-0.15, -0.1) is 0 Å². The number of hydrogen-bond acceptors (Lipinski definition) is 4. The van der Waals surface area contributed by atoms with Crippen molar-refractivity contribution in [2.45, 2.75) is 26.7 Å². The smallest absolute Gasteiger partial charge is 0.282 e. The van der Waals surface area contributed by atoms with E-state index in [1.807, 2.05) is 13.8 Å². The summed E-state index contributed by atoms with van der Waals surface area (Å²) < 4.78 is 6.83. The van der Waals surface area contributed by atoms with Crippen LogP contribution in [0.1, 0.15) is 36.3 Å². The average molecular weight is 490 g/mol. The van der Waals surface area contributed by atoms with E-state index in [1.54, 1.807) is 48.5 Å². The van der Waals surface area contributed by atoms with Crippen LogP contribution >= 0.6 is 23.2 Å². The van der Waals surface area contributed by atoms with E-state index in [0.29, 0.717) is 46.6 Å². The quantitative estimate of drug-likeness (QED) is 0.423. The lowest BCUT2D eigenvalue weighted by Gasteiger charge is -2.21. The van der Waals surface area contributed by atoms with Crippen LogP contribution in [0.5, 0.6) is 5.75 Å². The summed E-state index contributed by atoms with van der Waals surface area (Å²) in [4.78, 5) is 40.4. The molecule has 2 aromatic carbocycles. The van der Waals surface area contributed by atoms with Crippen molar-refractivity contribution in [3.63, 3.8) is 0 Å². The number of hydrogen-bond donors (Lipinski definition) is 1. The molecule has 3 rings (SSSR count). The minimum atomic E-state index is -0.472. The molecule has 33 heavy (non-hydrogen) atoms. The zero-order chi connectivity index (χ0) is 24.0. The molecule has 1 aromatic heterocycles. The molecule has 1 N–H and O–H groups in total. The minimum Gasteiger partial charge on any atom is -0.484 e. The maximum absolute atomic E-state index is 13.1. The summed E-state index contributed by atoms with van der Waals surface area (Å²) in [6.07, 6.45) is 1.10. The third-order valence-corrected chi connectivity index (χ3v) is 5.51. The van der Waals surface area contributed by atoms with Gasteiger partial charge in [-0.3, -0.25) is 19.5 Å². The highest BCUT2D eigenvalue weighted by Gasteiger charge is 2.25. The molecule has 1 amide bonds. The van der Waals surface area contributed by atoms with Crippen LogP contribution in [0.15, 0.2) is 53.3 Å². The molecule has 3 aromatic rings. The SMILES string of the molecule is CCCN(CC(=O)c1c(CC)[nH]n(-c2cccc(Cl)c2)c1=O)C(=O)COc1ccc(Cl)cc1. The summed E-state index contributed by atoms with van der Waals surface area (Å²) in [7, 11) is 0. The Bertz CT molecular complexity index is 1190. The normalized spacial score (nSPS) is 10.8. The number of benzene rings is 2. The fraction of sp³-hybridized carbons (Fsp3) is 0.292. The van der Waals surface area contributed by atoms with Crippen molar-refractivity contribution in [3.8, 4) is 11.4 Å². The minimum absolute atomic E-state index is 0.0463. The zero-order valence-electron chi connectivity index (χ0n) is 18.4. The van der Waals surface area contributed by atoms with Crippen LogP contribution in [0, 0.1) is 0 Å². The first-order chi connectivity index (χ1) is 15.8. The first-order valence-electron chi connectivity index (χ1n) is 10.6. The van der Waals surface area contributed by atoms with Crippen LogP contribution < -0.4 is 10.3 Å². The lowest BCUT2D eigenvalue weighted by molar-refractivity contribution is -0.132. The molecule has 0 atom stereocenters. The van der Waals surface area contributed by atoms with Gasteiger partial charge in [0, 0.05) is 22.3 Å². The molecule has 0 bridgehead atoms. The summed E-state index contributed by atoms with van der Waals surface area (Å²) in [6, 6.07) is 13.4. The molecule has 174 valence electrons. The van der Waals surface area contributed by atoms with Crippen molar-refractivity contribution < 1.29 is 14.3 Å². The van der Waals surface area contributed by atoms with Crippen LogP contribution in [0.2, 0.25) is 10.0 Å². The maximum Gasteiger partial charge on any atom is 0.282 e. The molecule has 0 unspecified atom stereocenters. The molecule has 0 spiro atoms. The number of ether oxygens (including phenoxy) is 1. The van der Waals surface area contributed by atoms with Gasteiger partial charge in [0.05, 0.1) is 12.2 Å². The molecule has 0 aliphatic rings. The van der Waals surface area contributed by atoms with Gasteiger partial charge in [0.1, 0.15) is 11.3 Å². The van der Waals surface area contributed by atoms with Crippen molar-refractivity contribution in [1.82, 2.24) is 14.7 Å². The van der Waals surface area contributed by atoms with Gasteiger partial charge < -0.3 is 9.64 Å². The zero-order valence-corrected chi connectivity index (χ0v) is 19.9. The number of amides is 1. The molecule has 1 heterocycles. The van der Waals surface area contributed by atoms with Crippen molar-refractivity contribution in [1.29, 1.82) is 0 Å². The van der Waals surface area contributed by atoms with E-state index in [1.165, 1.54) is 9.58 Å². The topological polar surface area (TPSA) is 84.4 Å². The summed E-state index contributed by atoms with van der Waals surface area (Å²) in [5, 5.41) is 4.03. The van der Waals surface area contributed by atoms with Crippen LogP contribution in [0.3, 0.4) is 0 Å². The molecule has 0 saturated carbocycles. The summed E-state index contributed by atoms with van der Waals surface area (Å²) in [5.41, 5.74) is 0.607. The molecular formula is C24H25Cl2N3O4. The third kappa shape index (κ3) is 6.06. The Morgan fingerprint density at radius 1 is 1.06 bits per heavy atom. The van der Waals surface area contributed by atoms with E-state index in [0.717, 1.165) is 0 Å². The number of aromatic amines is 1. The highest BCUT2D eigenvalue weighted by Crippen LogP contribution is 2.17. The lowest BCUT2D eigenvalue weighted by Crippen LogP contribution is -2.40. The Morgan fingerprint density at radius 3 is 2.42 bits per heavy atom. The fourth-order valence-corrected chi connectivity index (χ4v) is 3.71. The van der Waals surface area contributed by atoms with E-state index in [9.17, 15) is 14.4 Å². The lowest BCUT2D eigenvalue weighted by atomic mass is 10.1. The Balaban J connectivity index is 1.79. The predicted molar refractivity (Wildman–Crippen MR) is 129 cm³/mol. The molecular weight excluding hydrogens is 465 g/mol. The number of aromatic nitrogens is 2.